The highest BCUT2D eigenvalue weighted by Gasteiger charge is 2.04. The van der Waals surface area contributed by atoms with Crippen LogP contribution in [0.4, 0.5) is 5.69 Å². The van der Waals surface area contributed by atoms with Crippen molar-refractivity contribution in [1.29, 1.82) is 0 Å². The van der Waals surface area contributed by atoms with Crippen molar-refractivity contribution in [2.24, 2.45) is 4.99 Å². The number of hydrogen-bond acceptors (Lipinski definition) is 3. The standard InChI is InChI=1S/C20H36N4O/c1-5-7-8-9-17(3)24-20(21-6-2)23-16-18-10-12-19(13-11-18)22-14-15-25-4/h10-13,17,22H,5-9,14-16H2,1-4H3,(H2,21,23,24). The molecular weight excluding hydrogens is 312 g/mol. The van der Waals surface area contributed by atoms with Crippen LogP contribution in [-0.4, -0.2) is 38.8 Å². The summed E-state index contributed by atoms with van der Waals surface area (Å²) in [6.45, 7) is 9.63. The molecule has 142 valence electrons. The molecule has 5 nitrogen and oxygen atoms in total. The molecule has 5 heteroatoms. The number of nitrogens with one attached hydrogen (secondary N) is 3. The third kappa shape index (κ3) is 9.97. The minimum absolute atomic E-state index is 0.441. The Balaban J connectivity index is 2.49. The molecule has 0 saturated heterocycles. The lowest BCUT2D eigenvalue weighted by atomic mass is 10.1. The highest BCUT2D eigenvalue weighted by molar-refractivity contribution is 5.80. The Morgan fingerprint density at radius 1 is 1.16 bits per heavy atom. The van der Waals surface area contributed by atoms with Crippen LogP contribution in [0.15, 0.2) is 29.3 Å². The van der Waals surface area contributed by atoms with Crippen LogP contribution in [-0.2, 0) is 11.3 Å². The minimum Gasteiger partial charge on any atom is -0.383 e. The van der Waals surface area contributed by atoms with E-state index in [0.717, 1.165) is 24.7 Å². The van der Waals surface area contributed by atoms with E-state index in [1.165, 1.54) is 31.2 Å². The van der Waals surface area contributed by atoms with Gasteiger partial charge in [-0.15, -0.1) is 0 Å². The molecule has 0 heterocycles. The first-order valence-electron chi connectivity index (χ1n) is 9.56. The molecule has 1 aromatic rings. The molecule has 0 saturated carbocycles. The number of ether oxygens (including phenoxy) is 1. The normalized spacial score (nSPS) is 12.7. The maximum absolute atomic E-state index is 5.04. The van der Waals surface area contributed by atoms with E-state index in [9.17, 15) is 0 Å². The lowest BCUT2D eigenvalue weighted by molar-refractivity contribution is 0.211. The van der Waals surface area contributed by atoms with Crippen molar-refractivity contribution >= 4 is 11.6 Å². The number of nitrogens with zero attached hydrogens (tertiary/aromatic N) is 1. The summed E-state index contributed by atoms with van der Waals surface area (Å²) in [5.41, 5.74) is 2.31. The Morgan fingerprint density at radius 2 is 1.92 bits per heavy atom. The van der Waals surface area contributed by atoms with Crippen molar-refractivity contribution in [3.8, 4) is 0 Å². The largest absolute Gasteiger partial charge is 0.383 e. The van der Waals surface area contributed by atoms with Crippen molar-refractivity contribution in [3.63, 3.8) is 0 Å². The predicted octanol–water partition coefficient (Wildman–Crippen LogP) is 3.77. The highest BCUT2D eigenvalue weighted by Crippen LogP contribution is 2.10. The van der Waals surface area contributed by atoms with Crippen LogP contribution in [0.5, 0.6) is 0 Å². The van der Waals surface area contributed by atoms with E-state index in [2.05, 4.69) is 61.0 Å². The summed E-state index contributed by atoms with van der Waals surface area (Å²) in [4.78, 5) is 4.71. The van der Waals surface area contributed by atoms with Gasteiger partial charge >= 0.3 is 0 Å². The van der Waals surface area contributed by atoms with E-state index in [-0.39, 0.29) is 0 Å². The SMILES string of the molecule is CCCCCC(C)NC(=NCc1ccc(NCCOC)cc1)NCC. The molecule has 1 rings (SSSR count). The quantitative estimate of drug-likeness (QED) is 0.306. The van der Waals surface area contributed by atoms with Gasteiger partial charge in [-0.1, -0.05) is 38.3 Å². The van der Waals surface area contributed by atoms with Crippen LogP contribution >= 0.6 is 0 Å². The van der Waals surface area contributed by atoms with Crippen molar-refractivity contribution < 1.29 is 4.74 Å². The van der Waals surface area contributed by atoms with Gasteiger partial charge in [0, 0.05) is 31.9 Å². The van der Waals surface area contributed by atoms with Gasteiger partial charge in [0.25, 0.3) is 0 Å². The van der Waals surface area contributed by atoms with Gasteiger partial charge in [0.2, 0.25) is 0 Å². The molecule has 0 aliphatic rings. The van der Waals surface area contributed by atoms with Crippen LogP contribution in [0, 0.1) is 0 Å². The molecule has 0 amide bonds. The zero-order valence-corrected chi connectivity index (χ0v) is 16.4. The lowest BCUT2D eigenvalue weighted by Gasteiger charge is -2.17. The third-order valence-corrected chi connectivity index (χ3v) is 3.98. The number of methoxy groups -OCH3 is 1. The van der Waals surface area contributed by atoms with Crippen molar-refractivity contribution in [2.45, 2.75) is 59.0 Å². The summed E-state index contributed by atoms with van der Waals surface area (Å²) in [5, 5.41) is 10.2. The second-order valence-corrected chi connectivity index (χ2v) is 6.35. The predicted molar refractivity (Wildman–Crippen MR) is 108 cm³/mol. The minimum atomic E-state index is 0.441. The van der Waals surface area contributed by atoms with Gasteiger partial charge in [-0.25, -0.2) is 4.99 Å². The molecule has 0 aliphatic heterocycles. The van der Waals surface area contributed by atoms with Gasteiger partial charge in [0.1, 0.15) is 0 Å². The Kier molecular flexibility index (Phi) is 11.5. The maximum Gasteiger partial charge on any atom is 0.191 e. The number of benzene rings is 1. The maximum atomic E-state index is 5.04. The van der Waals surface area contributed by atoms with E-state index in [0.29, 0.717) is 19.2 Å². The average Bonchev–Trinajstić information content (AvgIpc) is 2.61. The van der Waals surface area contributed by atoms with Crippen LogP contribution in [0.25, 0.3) is 0 Å². The van der Waals surface area contributed by atoms with Crippen molar-refractivity contribution in [3.05, 3.63) is 29.8 Å². The fourth-order valence-electron chi connectivity index (χ4n) is 2.52. The summed E-state index contributed by atoms with van der Waals surface area (Å²) in [6, 6.07) is 8.86. The third-order valence-electron chi connectivity index (χ3n) is 3.98. The lowest BCUT2D eigenvalue weighted by Crippen LogP contribution is -2.42. The first-order chi connectivity index (χ1) is 12.2. The number of guanidine groups is 1. The second kappa shape index (κ2) is 13.5. The molecule has 25 heavy (non-hydrogen) atoms. The number of rotatable bonds is 12. The van der Waals surface area contributed by atoms with Gasteiger partial charge in [-0.2, -0.15) is 0 Å². The van der Waals surface area contributed by atoms with Crippen LogP contribution < -0.4 is 16.0 Å². The molecule has 1 aromatic carbocycles. The molecule has 0 fully saturated rings. The monoisotopic (exact) mass is 348 g/mol. The molecule has 1 atom stereocenters. The number of hydrogen-bond donors (Lipinski definition) is 3. The molecular formula is C20H36N4O. The molecule has 0 bridgehead atoms. The van der Waals surface area contributed by atoms with E-state index in [1.54, 1.807) is 7.11 Å². The summed E-state index contributed by atoms with van der Waals surface area (Å²) < 4.78 is 5.04. The van der Waals surface area contributed by atoms with E-state index in [4.69, 9.17) is 9.73 Å². The molecule has 0 spiro atoms. The van der Waals surface area contributed by atoms with Gasteiger partial charge < -0.3 is 20.7 Å². The Morgan fingerprint density at radius 3 is 2.56 bits per heavy atom. The van der Waals surface area contributed by atoms with Gasteiger partial charge in [0.15, 0.2) is 5.96 Å². The molecule has 0 aliphatic carbocycles. The Labute approximate surface area is 153 Å². The number of unbranched alkanes of at least 4 members (excludes halogenated alkanes) is 2. The van der Waals surface area contributed by atoms with E-state index < -0.39 is 0 Å². The first-order valence-corrected chi connectivity index (χ1v) is 9.56. The Hall–Kier alpha value is -1.75. The number of anilines is 1. The molecule has 1 unspecified atom stereocenters. The van der Waals surface area contributed by atoms with Crippen LogP contribution in [0.2, 0.25) is 0 Å². The highest BCUT2D eigenvalue weighted by atomic mass is 16.5. The molecule has 0 aromatic heterocycles. The van der Waals surface area contributed by atoms with E-state index >= 15 is 0 Å². The van der Waals surface area contributed by atoms with Gasteiger partial charge in [-0.3, -0.25) is 0 Å². The van der Waals surface area contributed by atoms with E-state index in [1.807, 2.05) is 0 Å². The topological polar surface area (TPSA) is 57.7 Å². The molecule has 0 radical (unpaired) electrons. The fourth-order valence-corrected chi connectivity index (χ4v) is 2.52. The molecule has 3 N–H and O–H groups in total. The first kappa shape index (κ1) is 21.3. The van der Waals surface area contributed by atoms with Gasteiger partial charge in [0.05, 0.1) is 13.2 Å². The summed E-state index contributed by atoms with van der Waals surface area (Å²) in [6.07, 6.45) is 5.00. The number of aliphatic imine (C=N–C) groups is 1. The zero-order chi connectivity index (χ0) is 18.3. The zero-order valence-electron chi connectivity index (χ0n) is 16.4. The van der Waals surface area contributed by atoms with Gasteiger partial charge in [-0.05, 0) is 38.0 Å². The smallest absolute Gasteiger partial charge is 0.191 e. The van der Waals surface area contributed by atoms with Crippen LogP contribution in [0.3, 0.4) is 0 Å². The van der Waals surface area contributed by atoms with Crippen LogP contribution in [0.1, 0.15) is 52.0 Å². The fraction of sp³-hybridized carbons (Fsp3) is 0.650. The summed E-state index contributed by atoms with van der Waals surface area (Å²) in [7, 11) is 1.71. The second-order valence-electron chi connectivity index (χ2n) is 6.35. The van der Waals surface area contributed by atoms with Crippen molar-refractivity contribution in [2.75, 3.05) is 32.1 Å². The average molecular weight is 349 g/mol. The summed E-state index contributed by atoms with van der Waals surface area (Å²) in [5.74, 6) is 0.897. The summed E-state index contributed by atoms with van der Waals surface area (Å²) >= 11 is 0. The Bertz CT molecular complexity index is 473. The van der Waals surface area contributed by atoms with Crippen molar-refractivity contribution in [1.82, 2.24) is 10.6 Å².